The zero-order valence-corrected chi connectivity index (χ0v) is 18.2. The number of ether oxygens (including phenoxy) is 1. The van der Waals surface area contributed by atoms with Gasteiger partial charge in [-0.25, -0.2) is 18.2 Å². The lowest BCUT2D eigenvalue weighted by atomic mass is 9.81. The molecule has 0 N–H and O–H groups in total. The molecular formula is C23H18F6N4O2. The van der Waals surface area contributed by atoms with Crippen molar-refractivity contribution in [2.75, 3.05) is 0 Å². The summed E-state index contributed by atoms with van der Waals surface area (Å²) in [6, 6.07) is 3.29. The van der Waals surface area contributed by atoms with E-state index in [2.05, 4.69) is 14.8 Å². The highest BCUT2D eigenvalue weighted by atomic mass is 19.4. The second kappa shape index (κ2) is 8.28. The maximum Gasteiger partial charge on any atom is 0.573 e. The van der Waals surface area contributed by atoms with Gasteiger partial charge in [-0.3, -0.25) is 9.48 Å². The number of carbonyl (C=O) groups is 1. The van der Waals surface area contributed by atoms with Crippen LogP contribution in [0, 0.1) is 17.5 Å². The highest BCUT2D eigenvalue weighted by Crippen LogP contribution is 2.45. The van der Waals surface area contributed by atoms with Crippen LogP contribution in [-0.4, -0.2) is 38.0 Å². The number of carbonyl (C=O) groups excluding carboxylic acids is 1. The van der Waals surface area contributed by atoms with Gasteiger partial charge in [0, 0.05) is 24.2 Å². The van der Waals surface area contributed by atoms with Crippen LogP contribution in [-0.2, 0) is 13.5 Å². The molecule has 1 fully saturated rings. The minimum atomic E-state index is -4.87. The van der Waals surface area contributed by atoms with Crippen LogP contribution in [0.1, 0.15) is 47.1 Å². The fourth-order valence-corrected chi connectivity index (χ4v) is 5.04. The molecule has 4 heterocycles. The third-order valence-corrected chi connectivity index (χ3v) is 6.36. The van der Waals surface area contributed by atoms with Gasteiger partial charge in [-0.05, 0) is 49.9 Å². The Morgan fingerprint density at radius 2 is 1.83 bits per heavy atom. The van der Waals surface area contributed by atoms with E-state index < -0.39 is 41.5 Å². The molecular weight excluding hydrogens is 478 g/mol. The Morgan fingerprint density at radius 1 is 1.11 bits per heavy atom. The first-order chi connectivity index (χ1) is 16.5. The normalized spacial score (nSPS) is 19.5. The van der Waals surface area contributed by atoms with Crippen molar-refractivity contribution in [1.82, 2.24) is 19.7 Å². The molecule has 2 unspecified atom stereocenters. The highest BCUT2D eigenvalue weighted by molar-refractivity contribution is 5.93. The Hall–Kier alpha value is -3.57. The highest BCUT2D eigenvalue weighted by Gasteiger charge is 2.44. The third-order valence-electron chi connectivity index (χ3n) is 6.36. The fourth-order valence-electron chi connectivity index (χ4n) is 5.04. The van der Waals surface area contributed by atoms with E-state index in [9.17, 15) is 31.1 Å². The molecule has 12 heteroatoms. The Bertz CT molecular complexity index is 1280. The van der Waals surface area contributed by atoms with Crippen LogP contribution in [0.15, 0.2) is 30.5 Å². The topological polar surface area (TPSA) is 60.2 Å². The zero-order chi connectivity index (χ0) is 25.1. The van der Waals surface area contributed by atoms with Gasteiger partial charge >= 0.3 is 6.36 Å². The molecule has 1 amide bonds. The monoisotopic (exact) mass is 496 g/mol. The summed E-state index contributed by atoms with van der Waals surface area (Å²) < 4.78 is 83.9. The second-order valence-corrected chi connectivity index (χ2v) is 8.53. The summed E-state index contributed by atoms with van der Waals surface area (Å²) in [5.74, 6) is -5.19. The Balaban J connectivity index is 1.49. The average Bonchev–Trinajstić information content (AvgIpc) is 3.11. The number of pyridine rings is 1. The van der Waals surface area contributed by atoms with Crippen molar-refractivity contribution in [1.29, 1.82) is 0 Å². The lowest BCUT2D eigenvalue weighted by molar-refractivity contribution is -0.274. The van der Waals surface area contributed by atoms with Crippen molar-refractivity contribution in [3.05, 3.63) is 64.9 Å². The van der Waals surface area contributed by atoms with Gasteiger partial charge < -0.3 is 9.64 Å². The first kappa shape index (κ1) is 23.2. The van der Waals surface area contributed by atoms with Crippen molar-refractivity contribution in [3.63, 3.8) is 0 Å². The molecule has 1 saturated heterocycles. The molecule has 1 aromatic carbocycles. The summed E-state index contributed by atoms with van der Waals surface area (Å²) in [4.78, 5) is 18.8. The molecule has 2 atom stereocenters. The van der Waals surface area contributed by atoms with E-state index in [0.717, 1.165) is 36.4 Å². The van der Waals surface area contributed by atoms with E-state index >= 15 is 0 Å². The van der Waals surface area contributed by atoms with Gasteiger partial charge in [0.25, 0.3) is 5.91 Å². The SMILES string of the molecule is Cn1nc2c(c1-c1cc(F)c(F)c(F)c1)CC1CCCC2N1C(=O)c1ccc(OC(F)(F)F)cn1. The molecule has 3 aromatic rings. The van der Waals surface area contributed by atoms with E-state index in [1.165, 1.54) is 10.7 Å². The number of hydrogen-bond donors (Lipinski definition) is 0. The quantitative estimate of drug-likeness (QED) is 0.375. The van der Waals surface area contributed by atoms with Gasteiger partial charge in [0.15, 0.2) is 17.5 Å². The van der Waals surface area contributed by atoms with Crippen LogP contribution in [0.5, 0.6) is 5.75 Å². The largest absolute Gasteiger partial charge is 0.573 e. The number of halogens is 6. The van der Waals surface area contributed by atoms with Crippen molar-refractivity contribution < 1.29 is 35.9 Å². The number of aryl methyl sites for hydroxylation is 1. The van der Waals surface area contributed by atoms with Gasteiger partial charge in [0.05, 0.1) is 23.6 Å². The van der Waals surface area contributed by atoms with Crippen LogP contribution >= 0.6 is 0 Å². The van der Waals surface area contributed by atoms with E-state index in [1.807, 2.05) is 0 Å². The molecule has 2 bridgehead atoms. The Labute approximate surface area is 195 Å². The number of piperidine rings is 1. The van der Waals surface area contributed by atoms with Gasteiger partial charge in [-0.15, -0.1) is 13.2 Å². The van der Waals surface area contributed by atoms with Crippen molar-refractivity contribution >= 4 is 5.91 Å². The molecule has 0 spiro atoms. The third kappa shape index (κ3) is 4.10. The number of alkyl halides is 3. The number of aromatic nitrogens is 3. The molecule has 35 heavy (non-hydrogen) atoms. The standard InChI is InChI=1S/C23H18F6N4O2/c1-32-21(11-7-15(24)19(26)16(25)8-11)14-9-12-3-2-4-18(20(14)31-32)33(12)22(34)17-6-5-13(10-30-17)35-23(27,28)29/h5-8,10,12,18H,2-4,9H2,1H3. The van der Waals surface area contributed by atoms with Crippen LogP contribution < -0.4 is 4.74 Å². The smallest absolute Gasteiger partial charge is 0.404 e. The zero-order valence-electron chi connectivity index (χ0n) is 18.2. The lowest BCUT2D eigenvalue weighted by Gasteiger charge is -2.45. The first-order valence-corrected chi connectivity index (χ1v) is 10.8. The lowest BCUT2D eigenvalue weighted by Crippen LogP contribution is -2.50. The summed E-state index contributed by atoms with van der Waals surface area (Å²) in [6.07, 6.45) is -1.65. The molecule has 2 aromatic heterocycles. The molecule has 0 radical (unpaired) electrons. The van der Waals surface area contributed by atoms with Crippen molar-refractivity contribution in [2.24, 2.45) is 7.05 Å². The van der Waals surface area contributed by atoms with E-state index in [4.69, 9.17) is 0 Å². The van der Waals surface area contributed by atoms with Crippen molar-refractivity contribution in [2.45, 2.75) is 44.1 Å². The van der Waals surface area contributed by atoms with Crippen molar-refractivity contribution in [3.8, 4) is 17.0 Å². The fraction of sp³-hybridized carbons (Fsp3) is 0.348. The number of fused-ring (bicyclic) bond motifs is 4. The Morgan fingerprint density at radius 3 is 2.46 bits per heavy atom. The maximum absolute atomic E-state index is 13.9. The summed E-state index contributed by atoms with van der Waals surface area (Å²) in [5.41, 5.74) is 1.82. The van der Waals surface area contributed by atoms with Gasteiger partial charge in [0.2, 0.25) is 0 Å². The molecule has 2 aliphatic rings. The number of nitrogens with zero attached hydrogens (tertiary/aromatic N) is 4. The van der Waals surface area contributed by atoms with Crippen LogP contribution in [0.25, 0.3) is 11.3 Å². The van der Waals surface area contributed by atoms with Crippen LogP contribution in [0.2, 0.25) is 0 Å². The van der Waals surface area contributed by atoms with Gasteiger partial charge in [0.1, 0.15) is 11.4 Å². The minimum Gasteiger partial charge on any atom is -0.404 e. The summed E-state index contributed by atoms with van der Waals surface area (Å²) in [7, 11) is 1.60. The van der Waals surface area contributed by atoms with E-state index in [1.54, 1.807) is 11.9 Å². The van der Waals surface area contributed by atoms with Gasteiger partial charge in [-0.1, -0.05) is 0 Å². The number of rotatable bonds is 3. The average molecular weight is 496 g/mol. The predicted octanol–water partition coefficient (Wildman–Crippen LogP) is 5.09. The molecule has 184 valence electrons. The maximum atomic E-state index is 13.9. The molecule has 0 aliphatic carbocycles. The predicted molar refractivity (Wildman–Crippen MR) is 110 cm³/mol. The molecule has 6 nitrogen and oxygen atoms in total. The number of benzene rings is 1. The summed E-state index contributed by atoms with van der Waals surface area (Å²) in [6.45, 7) is 0. The number of amides is 1. The minimum absolute atomic E-state index is 0.0429. The molecule has 5 rings (SSSR count). The number of hydrogen-bond acceptors (Lipinski definition) is 4. The van der Waals surface area contributed by atoms with Crippen LogP contribution in [0.3, 0.4) is 0 Å². The molecule has 0 saturated carbocycles. The second-order valence-electron chi connectivity index (χ2n) is 8.53. The first-order valence-electron chi connectivity index (χ1n) is 10.8. The van der Waals surface area contributed by atoms with E-state index in [-0.39, 0.29) is 17.3 Å². The summed E-state index contributed by atoms with van der Waals surface area (Å²) in [5, 5.41) is 4.53. The van der Waals surface area contributed by atoms with E-state index in [0.29, 0.717) is 30.7 Å². The Kier molecular flexibility index (Phi) is 5.48. The van der Waals surface area contributed by atoms with Gasteiger partial charge in [-0.2, -0.15) is 5.10 Å². The summed E-state index contributed by atoms with van der Waals surface area (Å²) >= 11 is 0. The van der Waals surface area contributed by atoms with Crippen LogP contribution in [0.4, 0.5) is 26.3 Å². The molecule has 2 aliphatic heterocycles.